The van der Waals surface area contributed by atoms with Gasteiger partial charge >= 0.3 is 5.97 Å². The minimum Gasteiger partial charge on any atom is -0.494 e. The number of anilines is 1. The average molecular weight is 577 g/mol. The van der Waals surface area contributed by atoms with Crippen LogP contribution in [0.1, 0.15) is 40.4 Å². The maximum Gasteiger partial charge on any atom is 0.326 e. The van der Waals surface area contributed by atoms with Gasteiger partial charge in [-0.25, -0.2) is 4.79 Å². The molecular formula is C36H36N2O5. The van der Waals surface area contributed by atoms with Gasteiger partial charge in [-0.05, 0) is 54.8 Å². The number of nitrogens with zero attached hydrogens (tertiary/aromatic N) is 1. The maximum absolute atomic E-state index is 13.1. The molecule has 0 heterocycles. The zero-order valence-electron chi connectivity index (χ0n) is 24.2. The smallest absolute Gasteiger partial charge is 0.326 e. The number of ketones is 1. The van der Waals surface area contributed by atoms with Crippen LogP contribution in [0.3, 0.4) is 0 Å². The van der Waals surface area contributed by atoms with Crippen LogP contribution in [0.4, 0.5) is 5.69 Å². The number of benzene rings is 4. The van der Waals surface area contributed by atoms with Crippen molar-refractivity contribution in [2.75, 3.05) is 18.5 Å². The van der Waals surface area contributed by atoms with Crippen molar-refractivity contribution in [1.82, 2.24) is 4.90 Å². The van der Waals surface area contributed by atoms with Crippen molar-refractivity contribution in [3.05, 3.63) is 144 Å². The van der Waals surface area contributed by atoms with Gasteiger partial charge < -0.3 is 20.1 Å². The van der Waals surface area contributed by atoms with E-state index in [0.29, 0.717) is 48.7 Å². The van der Waals surface area contributed by atoms with Crippen molar-refractivity contribution in [3.63, 3.8) is 0 Å². The van der Waals surface area contributed by atoms with Crippen LogP contribution < -0.4 is 10.1 Å². The number of hydrogen-bond donors (Lipinski definition) is 2. The van der Waals surface area contributed by atoms with E-state index in [9.17, 15) is 19.5 Å². The number of carbonyl (C=O) groups is 3. The Labute approximate surface area is 252 Å². The third kappa shape index (κ3) is 9.16. The van der Waals surface area contributed by atoms with Gasteiger partial charge in [-0.2, -0.15) is 0 Å². The Bertz CT molecular complexity index is 1520. The molecule has 0 saturated carbocycles. The summed E-state index contributed by atoms with van der Waals surface area (Å²) in [6, 6.07) is 32.1. The standard InChI is InChI=1S/C36H36N2O5/c1-2-12-34(39)38(26-28-13-5-3-6-14-28)23-11-24-43-30-21-19-27(20-22-30)25-33(36(41)42)37-32-18-10-9-17-31(32)35(40)29-15-7-4-8-16-29/h2-10,12-22,33,37H,11,23-26H2,1H3,(H,41,42)/b12-2+/t33-/m0/s1. The number of para-hydroxylation sites is 1. The number of hydrogen-bond acceptors (Lipinski definition) is 5. The first-order chi connectivity index (χ1) is 20.9. The molecule has 7 heteroatoms. The van der Waals surface area contributed by atoms with Crippen LogP contribution in [0.15, 0.2) is 121 Å². The molecule has 1 atom stereocenters. The molecule has 7 nitrogen and oxygen atoms in total. The Morgan fingerprint density at radius 2 is 1.49 bits per heavy atom. The largest absolute Gasteiger partial charge is 0.494 e. The molecule has 0 aliphatic carbocycles. The van der Waals surface area contributed by atoms with Crippen LogP contribution >= 0.6 is 0 Å². The zero-order valence-corrected chi connectivity index (χ0v) is 24.2. The second-order valence-electron chi connectivity index (χ2n) is 10.1. The predicted octanol–water partition coefficient (Wildman–Crippen LogP) is 6.40. The number of aliphatic carboxylic acids is 1. The monoisotopic (exact) mass is 576 g/mol. The van der Waals surface area contributed by atoms with E-state index in [0.717, 1.165) is 11.1 Å². The highest BCUT2D eigenvalue weighted by Crippen LogP contribution is 2.22. The summed E-state index contributed by atoms with van der Waals surface area (Å²) in [4.78, 5) is 39.6. The lowest BCUT2D eigenvalue weighted by Crippen LogP contribution is -2.32. The molecule has 4 aromatic carbocycles. The van der Waals surface area contributed by atoms with Gasteiger partial charge in [0.05, 0.1) is 6.61 Å². The Morgan fingerprint density at radius 1 is 0.837 bits per heavy atom. The summed E-state index contributed by atoms with van der Waals surface area (Å²) in [6.07, 6.45) is 4.18. The lowest BCUT2D eigenvalue weighted by molar-refractivity contribution is -0.137. The predicted molar refractivity (Wildman–Crippen MR) is 168 cm³/mol. The molecule has 0 unspecified atom stereocenters. The molecule has 43 heavy (non-hydrogen) atoms. The Morgan fingerprint density at radius 3 is 2.16 bits per heavy atom. The zero-order chi connectivity index (χ0) is 30.4. The number of carboxylic acid groups (broad SMARTS) is 1. The van der Waals surface area contributed by atoms with E-state index >= 15 is 0 Å². The van der Waals surface area contributed by atoms with Gasteiger partial charge in [0, 0.05) is 36.3 Å². The van der Waals surface area contributed by atoms with E-state index in [-0.39, 0.29) is 18.1 Å². The van der Waals surface area contributed by atoms with Gasteiger partial charge in [0.15, 0.2) is 5.78 Å². The number of rotatable bonds is 15. The molecule has 0 spiro atoms. The molecule has 4 rings (SSSR count). The van der Waals surface area contributed by atoms with Crippen LogP contribution in [-0.2, 0) is 22.6 Å². The van der Waals surface area contributed by atoms with Crippen molar-refractivity contribution in [2.45, 2.75) is 32.4 Å². The first-order valence-electron chi connectivity index (χ1n) is 14.3. The first-order valence-corrected chi connectivity index (χ1v) is 14.3. The molecule has 1 amide bonds. The molecule has 0 aliphatic rings. The summed E-state index contributed by atoms with van der Waals surface area (Å²) >= 11 is 0. The number of allylic oxidation sites excluding steroid dienone is 1. The molecule has 220 valence electrons. The Kier molecular flexibility index (Phi) is 11.3. The van der Waals surface area contributed by atoms with E-state index in [2.05, 4.69) is 5.32 Å². The van der Waals surface area contributed by atoms with Crippen molar-refractivity contribution in [2.24, 2.45) is 0 Å². The number of carbonyl (C=O) groups excluding carboxylic acids is 2. The van der Waals surface area contributed by atoms with Gasteiger partial charge in [-0.15, -0.1) is 0 Å². The number of nitrogens with one attached hydrogen (secondary N) is 1. The summed E-state index contributed by atoms with van der Waals surface area (Å²) in [7, 11) is 0. The summed E-state index contributed by atoms with van der Waals surface area (Å²) < 4.78 is 5.91. The minimum atomic E-state index is -1.02. The van der Waals surface area contributed by atoms with Crippen LogP contribution in [0.5, 0.6) is 5.75 Å². The molecule has 2 N–H and O–H groups in total. The summed E-state index contributed by atoms with van der Waals surface area (Å²) in [6.45, 7) is 3.34. The highest BCUT2D eigenvalue weighted by molar-refractivity contribution is 6.12. The topological polar surface area (TPSA) is 95.9 Å². The number of amides is 1. The van der Waals surface area contributed by atoms with Gasteiger partial charge in [0.25, 0.3) is 0 Å². The van der Waals surface area contributed by atoms with Crippen LogP contribution in [-0.4, -0.2) is 46.9 Å². The SMILES string of the molecule is C/C=C/C(=O)N(CCCOc1ccc(C[C@H](Nc2ccccc2C(=O)c2ccccc2)C(=O)O)cc1)Cc1ccccc1. The normalized spacial score (nSPS) is 11.6. The third-order valence-corrected chi connectivity index (χ3v) is 6.88. The minimum absolute atomic E-state index is 0.0376. The second kappa shape index (κ2) is 15.7. The van der Waals surface area contributed by atoms with E-state index in [1.165, 1.54) is 0 Å². The quantitative estimate of drug-likeness (QED) is 0.0966. The van der Waals surface area contributed by atoms with E-state index in [1.54, 1.807) is 65.6 Å². The van der Waals surface area contributed by atoms with E-state index in [4.69, 9.17) is 4.74 Å². The lowest BCUT2D eigenvalue weighted by Gasteiger charge is -2.21. The fourth-order valence-corrected chi connectivity index (χ4v) is 4.66. The van der Waals surface area contributed by atoms with Crippen molar-refractivity contribution in [3.8, 4) is 5.75 Å². The van der Waals surface area contributed by atoms with Gasteiger partial charge in [-0.3, -0.25) is 9.59 Å². The van der Waals surface area contributed by atoms with Crippen molar-refractivity contribution >= 4 is 23.3 Å². The fraction of sp³-hybridized carbons (Fsp3) is 0.194. The maximum atomic E-state index is 13.1. The lowest BCUT2D eigenvalue weighted by atomic mass is 10.00. The van der Waals surface area contributed by atoms with Gasteiger partial charge in [-0.1, -0.05) is 91.0 Å². The third-order valence-electron chi connectivity index (χ3n) is 6.88. The van der Waals surface area contributed by atoms with Crippen molar-refractivity contribution < 1.29 is 24.2 Å². The molecular weight excluding hydrogens is 540 g/mol. The number of ether oxygens (including phenoxy) is 1. The highest BCUT2D eigenvalue weighted by Gasteiger charge is 2.21. The molecule has 4 aromatic rings. The Balaban J connectivity index is 1.32. The van der Waals surface area contributed by atoms with E-state index < -0.39 is 12.0 Å². The molecule has 0 bridgehead atoms. The van der Waals surface area contributed by atoms with Crippen LogP contribution in [0.2, 0.25) is 0 Å². The highest BCUT2D eigenvalue weighted by atomic mass is 16.5. The van der Waals surface area contributed by atoms with Gasteiger partial charge in [0.1, 0.15) is 11.8 Å². The van der Waals surface area contributed by atoms with E-state index in [1.807, 2.05) is 67.6 Å². The summed E-state index contributed by atoms with van der Waals surface area (Å²) in [5.41, 5.74) is 3.30. The molecule has 0 fully saturated rings. The summed E-state index contributed by atoms with van der Waals surface area (Å²) in [5, 5.41) is 13.0. The Hall–Kier alpha value is -5.17. The van der Waals surface area contributed by atoms with Crippen LogP contribution in [0.25, 0.3) is 0 Å². The van der Waals surface area contributed by atoms with Crippen LogP contribution in [0, 0.1) is 0 Å². The van der Waals surface area contributed by atoms with Gasteiger partial charge in [0.2, 0.25) is 5.91 Å². The molecule has 0 radical (unpaired) electrons. The average Bonchev–Trinajstić information content (AvgIpc) is 3.03. The summed E-state index contributed by atoms with van der Waals surface area (Å²) in [5.74, 6) is -0.570. The van der Waals surface area contributed by atoms with Crippen molar-refractivity contribution in [1.29, 1.82) is 0 Å². The molecule has 0 saturated heterocycles. The number of carboxylic acids is 1. The second-order valence-corrected chi connectivity index (χ2v) is 10.1. The first kappa shape index (κ1) is 30.8. The molecule has 0 aliphatic heterocycles. The molecule has 0 aromatic heterocycles. The fourth-order valence-electron chi connectivity index (χ4n) is 4.66.